The van der Waals surface area contributed by atoms with Gasteiger partial charge in [0.05, 0.1) is 6.61 Å². The minimum Gasteiger partial charge on any atom is -0.490 e. The standard InChI is InChI=1S/C19H25FN2O2/c1-2-23-18-6-3-4-7-19(18)24-15-14-21-12-5-13-22-17-10-8-16(20)9-11-17/h3-4,6-11,21-22H,2,5,12-15H2,1H3. The van der Waals surface area contributed by atoms with E-state index in [1.54, 1.807) is 12.1 Å². The van der Waals surface area contributed by atoms with Crippen molar-refractivity contribution in [3.63, 3.8) is 0 Å². The van der Waals surface area contributed by atoms with Gasteiger partial charge in [0.1, 0.15) is 12.4 Å². The highest BCUT2D eigenvalue weighted by atomic mass is 19.1. The lowest BCUT2D eigenvalue weighted by atomic mass is 10.3. The average molecular weight is 332 g/mol. The summed E-state index contributed by atoms with van der Waals surface area (Å²) in [5.74, 6) is 1.34. The maximum absolute atomic E-state index is 12.8. The molecule has 130 valence electrons. The van der Waals surface area contributed by atoms with Gasteiger partial charge in [-0.3, -0.25) is 0 Å². The zero-order valence-corrected chi connectivity index (χ0v) is 14.1. The van der Waals surface area contributed by atoms with Crippen LogP contribution in [0.4, 0.5) is 10.1 Å². The molecule has 0 saturated heterocycles. The van der Waals surface area contributed by atoms with Crippen LogP contribution in [-0.4, -0.2) is 32.8 Å². The van der Waals surface area contributed by atoms with Crippen molar-refractivity contribution in [1.82, 2.24) is 5.32 Å². The maximum Gasteiger partial charge on any atom is 0.161 e. The lowest BCUT2D eigenvalue weighted by Gasteiger charge is -2.12. The number of hydrogen-bond donors (Lipinski definition) is 2. The molecule has 5 heteroatoms. The van der Waals surface area contributed by atoms with Crippen molar-refractivity contribution in [3.05, 3.63) is 54.3 Å². The molecule has 0 amide bonds. The van der Waals surface area contributed by atoms with Gasteiger partial charge in [-0.05, 0) is 56.3 Å². The summed E-state index contributed by atoms with van der Waals surface area (Å²) in [4.78, 5) is 0. The Bertz CT molecular complexity index is 590. The lowest BCUT2D eigenvalue weighted by Crippen LogP contribution is -2.23. The molecule has 2 aromatic carbocycles. The summed E-state index contributed by atoms with van der Waals surface area (Å²) < 4.78 is 24.0. The van der Waals surface area contributed by atoms with Crippen molar-refractivity contribution in [2.45, 2.75) is 13.3 Å². The fourth-order valence-electron chi connectivity index (χ4n) is 2.22. The molecule has 0 aliphatic heterocycles. The third-order valence-electron chi connectivity index (χ3n) is 3.39. The predicted molar refractivity (Wildman–Crippen MR) is 95.5 cm³/mol. The number of hydrogen-bond acceptors (Lipinski definition) is 4. The Morgan fingerprint density at radius 3 is 2.29 bits per heavy atom. The molecule has 0 saturated carbocycles. The molecule has 4 nitrogen and oxygen atoms in total. The Morgan fingerprint density at radius 2 is 1.58 bits per heavy atom. The molecule has 0 heterocycles. The lowest BCUT2D eigenvalue weighted by molar-refractivity contribution is 0.276. The van der Waals surface area contributed by atoms with E-state index >= 15 is 0 Å². The van der Waals surface area contributed by atoms with E-state index < -0.39 is 0 Å². The van der Waals surface area contributed by atoms with E-state index in [0.29, 0.717) is 13.2 Å². The van der Waals surface area contributed by atoms with Gasteiger partial charge in [0, 0.05) is 18.8 Å². The molecule has 0 bridgehead atoms. The van der Waals surface area contributed by atoms with Gasteiger partial charge >= 0.3 is 0 Å². The third-order valence-corrected chi connectivity index (χ3v) is 3.39. The van der Waals surface area contributed by atoms with Crippen LogP contribution in [0, 0.1) is 5.82 Å². The monoisotopic (exact) mass is 332 g/mol. The summed E-state index contributed by atoms with van der Waals surface area (Å²) in [5.41, 5.74) is 0.937. The number of para-hydroxylation sites is 2. The van der Waals surface area contributed by atoms with Crippen molar-refractivity contribution >= 4 is 5.69 Å². The smallest absolute Gasteiger partial charge is 0.161 e. The molecule has 0 aliphatic carbocycles. The van der Waals surface area contributed by atoms with Gasteiger partial charge in [-0.15, -0.1) is 0 Å². The second kappa shape index (κ2) is 10.5. The van der Waals surface area contributed by atoms with Gasteiger partial charge in [0.15, 0.2) is 11.5 Å². The molecular weight excluding hydrogens is 307 g/mol. The second-order valence-electron chi connectivity index (χ2n) is 5.27. The summed E-state index contributed by atoms with van der Waals surface area (Å²) in [6.07, 6.45) is 0.979. The van der Waals surface area contributed by atoms with E-state index in [4.69, 9.17) is 9.47 Å². The fraction of sp³-hybridized carbons (Fsp3) is 0.368. The van der Waals surface area contributed by atoms with Crippen molar-refractivity contribution in [3.8, 4) is 11.5 Å². The normalized spacial score (nSPS) is 10.4. The molecule has 2 aromatic rings. The molecule has 0 spiro atoms. The molecule has 2 N–H and O–H groups in total. The Kier molecular flexibility index (Phi) is 7.90. The van der Waals surface area contributed by atoms with E-state index in [9.17, 15) is 4.39 Å². The maximum atomic E-state index is 12.8. The highest BCUT2D eigenvalue weighted by Crippen LogP contribution is 2.25. The first-order valence-corrected chi connectivity index (χ1v) is 8.34. The highest BCUT2D eigenvalue weighted by molar-refractivity contribution is 5.42. The van der Waals surface area contributed by atoms with E-state index in [-0.39, 0.29) is 5.82 Å². The quantitative estimate of drug-likeness (QED) is 0.616. The molecule has 0 aromatic heterocycles. The van der Waals surface area contributed by atoms with Crippen LogP contribution in [-0.2, 0) is 0 Å². The van der Waals surface area contributed by atoms with Gasteiger partial charge in [0.2, 0.25) is 0 Å². The molecule has 0 fully saturated rings. The van der Waals surface area contributed by atoms with Gasteiger partial charge in [-0.25, -0.2) is 4.39 Å². The number of benzene rings is 2. The third kappa shape index (κ3) is 6.46. The van der Waals surface area contributed by atoms with Crippen LogP contribution in [0.25, 0.3) is 0 Å². The van der Waals surface area contributed by atoms with E-state index in [1.807, 2.05) is 31.2 Å². The SMILES string of the molecule is CCOc1ccccc1OCCNCCCNc1ccc(F)cc1. The van der Waals surface area contributed by atoms with Crippen LogP contribution in [0.2, 0.25) is 0 Å². The van der Waals surface area contributed by atoms with Crippen molar-refractivity contribution in [1.29, 1.82) is 0 Å². The van der Waals surface area contributed by atoms with Crippen LogP contribution in [0.15, 0.2) is 48.5 Å². The summed E-state index contributed by atoms with van der Waals surface area (Å²) >= 11 is 0. The van der Waals surface area contributed by atoms with Crippen LogP contribution in [0.5, 0.6) is 11.5 Å². The van der Waals surface area contributed by atoms with Crippen LogP contribution in [0.1, 0.15) is 13.3 Å². The topological polar surface area (TPSA) is 42.5 Å². The minimum absolute atomic E-state index is 0.215. The van der Waals surface area contributed by atoms with Crippen LogP contribution in [0.3, 0.4) is 0 Å². The fourth-order valence-corrected chi connectivity index (χ4v) is 2.22. The van der Waals surface area contributed by atoms with E-state index in [0.717, 1.165) is 43.2 Å². The average Bonchev–Trinajstić information content (AvgIpc) is 2.60. The first-order valence-electron chi connectivity index (χ1n) is 8.34. The van der Waals surface area contributed by atoms with Gasteiger partial charge in [0.25, 0.3) is 0 Å². The zero-order valence-electron chi connectivity index (χ0n) is 14.1. The van der Waals surface area contributed by atoms with Gasteiger partial charge < -0.3 is 20.1 Å². The highest BCUT2D eigenvalue weighted by Gasteiger charge is 2.02. The molecule has 0 radical (unpaired) electrons. The van der Waals surface area contributed by atoms with E-state index in [1.165, 1.54) is 12.1 Å². The number of ether oxygens (including phenoxy) is 2. The number of anilines is 1. The Hall–Kier alpha value is -2.27. The largest absolute Gasteiger partial charge is 0.490 e. The predicted octanol–water partition coefficient (Wildman–Crippen LogP) is 3.70. The summed E-state index contributed by atoms with van der Waals surface area (Å²) in [7, 11) is 0. The van der Waals surface area contributed by atoms with Crippen molar-refractivity contribution in [2.75, 3.05) is 38.2 Å². The molecular formula is C19H25FN2O2. The molecule has 0 unspecified atom stereocenters. The Morgan fingerprint density at radius 1 is 0.875 bits per heavy atom. The van der Waals surface area contributed by atoms with Crippen molar-refractivity contribution in [2.24, 2.45) is 0 Å². The molecule has 0 aliphatic rings. The van der Waals surface area contributed by atoms with Gasteiger partial charge in [-0.1, -0.05) is 12.1 Å². The minimum atomic E-state index is -0.215. The molecule has 2 rings (SSSR count). The second-order valence-corrected chi connectivity index (χ2v) is 5.27. The number of halogens is 1. The summed E-state index contributed by atoms with van der Waals surface area (Å²) in [6, 6.07) is 14.1. The zero-order chi connectivity index (χ0) is 17.0. The van der Waals surface area contributed by atoms with E-state index in [2.05, 4.69) is 10.6 Å². The summed E-state index contributed by atoms with van der Waals surface area (Å²) in [5, 5.41) is 6.59. The Balaban J connectivity index is 1.53. The first-order chi connectivity index (χ1) is 11.8. The van der Waals surface area contributed by atoms with Crippen LogP contribution < -0.4 is 20.1 Å². The summed E-state index contributed by atoms with van der Waals surface area (Å²) in [6.45, 7) is 5.68. The number of nitrogens with one attached hydrogen (secondary N) is 2. The first kappa shape index (κ1) is 18.1. The number of rotatable bonds is 11. The van der Waals surface area contributed by atoms with Crippen LogP contribution >= 0.6 is 0 Å². The molecule has 24 heavy (non-hydrogen) atoms. The Labute approximate surface area is 143 Å². The van der Waals surface area contributed by atoms with Gasteiger partial charge in [-0.2, -0.15) is 0 Å². The van der Waals surface area contributed by atoms with Crippen molar-refractivity contribution < 1.29 is 13.9 Å². The molecule has 0 atom stereocenters.